The summed E-state index contributed by atoms with van der Waals surface area (Å²) >= 11 is 0. The molecule has 90 valence electrons. The van der Waals surface area contributed by atoms with Crippen LogP contribution in [0.25, 0.3) is 0 Å². The predicted molar refractivity (Wildman–Crippen MR) is 57.7 cm³/mol. The zero-order valence-corrected chi connectivity index (χ0v) is 9.37. The molecule has 1 rings (SSSR count). The van der Waals surface area contributed by atoms with Crippen molar-refractivity contribution in [3.8, 4) is 5.75 Å². The molecule has 0 aliphatic heterocycles. The molecule has 16 heavy (non-hydrogen) atoms. The average molecular weight is 229 g/mol. The number of hydrogen-bond acceptors (Lipinski definition) is 4. The Morgan fingerprint density at radius 1 is 1.44 bits per heavy atom. The molecule has 1 aromatic carbocycles. The molecule has 0 spiro atoms. The number of methoxy groups -OCH3 is 2. The molecule has 0 fully saturated rings. The fourth-order valence-corrected chi connectivity index (χ4v) is 1.51. The van der Waals surface area contributed by atoms with E-state index in [9.17, 15) is 9.50 Å². The third-order valence-corrected chi connectivity index (χ3v) is 2.23. The van der Waals surface area contributed by atoms with Crippen molar-refractivity contribution < 1.29 is 19.0 Å². The zero-order valence-electron chi connectivity index (χ0n) is 9.37. The molecule has 0 radical (unpaired) electrons. The minimum absolute atomic E-state index is 0.00619. The summed E-state index contributed by atoms with van der Waals surface area (Å²) in [5.41, 5.74) is 6.32. The quantitative estimate of drug-likeness (QED) is 0.789. The Morgan fingerprint density at radius 2 is 2.12 bits per heavy atom. The molecule has 0 saturated heterocycles. The fourth-order valence-electron chi connectivity index (χ4n) is 1.51. The largest absolute Gasteiger partial charge is 0.493 e. The second-order valence-corrected chi connectivity index (χ2v) is 3.38. The Morgan fingerprint density at radius 3 is 2.62 bits per heavy atom. The molecule has 0 amide bonds. The van der Waals surface area contributed by atoms with E-state index in [-0.39, 0.29) is 18.9 Å². The van der Waals surface area contributed by atoms with Gasteiger partial charge in [0.2, 0.25) is 0 Å². The SMILES string of the molecule is COCc1cc(F)c(OC)c(C(O)CN)c1. The molecule has 0 bridgehead atoms. The standard InChI is InChI=1S/C11H16FNO3/c1-15-6-7-3-8(10(14)5-13)11(16-2)9(12)4-7/h3-4,10,14H,5-6,13H2,1-2H3. The Hall–Kier alpha value is -1.17. The summed E-state index contributed by atoms with van der Waals surface area (Å²) in [5.74, 6) is -0.502. The van der Waals surface area contributed by atoms with E-state index in [0.717, 1.165) is 0 Å². The molecule has 1 aromatic rings. The highest BCUT2D eigenvalue weighted by Crippen LogP contribution is 2.29. The zero-order chi connectivity index (χ0) is 12.1. The van der Waals surface area contributed by atoms with Gasteiger partial charge < -0.3 is 20.3 Å². The number of aliphatic hydroxyl groups excluding tert-OH is 1. The number of ether oxygens (including phenoxy) is 2. The summed E-state index contributed by atoms with van der Waals surface area (Å²) in [4.78, 5) is 0. The Bertz CT molecular complexity index is 357. The number of aliphatic hydroxyl groups is 1. The maximum Gasteiger partial charge on any atom is 0.165 e. The first-order valence-electron chi connectivity index (χ1n) is 4.87. The lowest BCUT2D eigenvalue weighted by molar-refractivity contribution is 0.175. The van der Waals surface area contributed by atoms with Crippen molar-refractivity contribution in [1.82, 2.24) is 0 Å². The third-order valence-electron chi connectivity index (χ3n) is 2.23. The van der Waals surface area contributed by atoms with Gasteiger partial charge in [0, 0.05) is 19.2 Å². The lowest BCUT2D eigenvalue weighted by atomic mass is 10.0. The van der Waals surface area contributed by atoms with E-state index in [0.29, 0.717) is 11.1 Å². The molecule has 1 atom stereocenters. The van der Waals surface area contributed by atoms with Crippen LogP contribution in [0.4, 0.5) is 4.39 Å². The summed E-state index contributed by atoms with van der Waals surface area (Å²) < 4.78 is 23.4. The van der Waals surface area contributed by atoms with Crippen molar-refractivity contribution in [3.63, 3.8) is 0 Å². The van der Waals surface area contributed by atoms with Gasteiger partial charge in [-0.2, -0.15) is 0 Å². The van der Waals surface area contributed by atoms with Crippen molar-refractivity contribution in [3.05, 3.63) is 29.1 Å². The summed E-state index contributed by atoms with van der Waals surface area (Å²) in [6.45, 7) is 0.275. The molecule has 3 N–H and O–H groups in total. The van der Waals surface area contributed by atoms with Gasteiger partial charge in [0.25, 0.3) is 0 Å². The molecule has 0 aliphatic carbocycles. The molecular formula is C11H16FNO3. The van der Waals surface area contributed by atoms with Gasteiger partial charge in [-0.1, -0.05) is 0 Å². The number of hydrogen-bond donors (Lipinski definition) is 2. The molecule has 0 saturated carbocycles. The van der Waals surface area contributed by atoms with Gasteiger partial charge >= 0.3 is 0 Å². The number of halogens is 1. The maximum absolute atomic E-state index is 13.6. The number of nitrogens with two attached hydrogens (primary N) is 1. The first kappa shape index (κ1) is 12.9. The van der Waals surface area contributed by atoms with Crippen LogP contribution in [0.2, 0.25) is 0 Å². The average Bonchev–Trinajstić information content (AvgIpc) is 2.27. The van der Waals surface area contributed by atoms with Crippen LogP contribution in [0, 0.1) is 5.82 Å². The van der Waals surface area contributed by atoms with E-state index in [2.05, 4.69) is 0 Å². The Balaban J connectivity index is 3.19. The highest BCUT2D eigenvalue weighted by atomic mass is 19.1. The van der Waals surface area contributed by atoms with Gasteiger partial charge in [-0.25, -0.2) is 4.39 Å². The summed E-state index contributed by atoms with van der Waals surface area (Å²) in [6, 6.07) is 2.94. The van der Waals surface area contributed by atoms with Crippen LogP contribution in [-0.2, 0) is 11.3 Å². The van der Waals surface area contributed by atoms with Gasteiger partial charge in [0.15, 0.2) is 11.6 Å². The van der Waals surface area contributed by atoms with E-state index in [4.69, 9.17) is 15.2 Å². The van der Waals surface area contributed by atoms with Crippen LogP contribution >= 0.6 is 0 Å². The van der Waals surface area contributed by atoms with Crippen LogP contribution in [0.5, 0.6) is 5.75 Å². The maximum atomic E-state index is 13.6. The molecule has 0 aromatic heterocycles. The van der Waals surface area contributed by atoms with Crippen molar-refractivity contribution >= 4 is 0 Å². The predicted octanol–water partition coefficient (Wildman–Crippen LogP) is 0.973. The lowest BCUT2D eigenvalue weighted by Crippen LogP contribution is -2.13. The monoisotopic (exact) mass is 229 g/mol. The molecule has 5 heteroatoms. The van der Waals surface area contributed by atoms with E-state index < -0.39 is 11.9 Å². The van der Waals surface area contributed by atoms with Gasteiger partial charge in [0.1, 0.15) is 0 Å². The van der Waals surface area contributed by atoms with Crippen LogP contribution in [0.3, 0.4) is 0 Å². The van der Waals surface area contributed by atoms with Gasteiger partial charge in [-0.05, 0) is 17.7 Å². The molecule has 4 nitrogen and oxygen atoms in total. The first-order valence-corrected chi connectivity index (χ1v) is 4.87. The Kier molecular flexibility index (Phi) is 4.67. The minimum atomic E-state index is -0.943. The molecule has 0 aliphatic rings. The van der Waals surface area contributed by atoms with Crippen LogP contribution in [0.1, 0.15) is 17.2 Å². The fraction of sp³-hybridized carbons (Fsp3) is 0.455. The van der Waals surface area contributed by atoms with Crippen molar-refractivity contribution in [1.29, 1.82) is 0 Å². The third kappa shape index (κ3) is 2.69. The summed E-state index contributed by atoms with van der Waals surface area (Å²) in [6.07, 6.45) is -0.943. The van der Waals surface area contributed by atoms with Crippen LogP contribution < -0.4 is 10.5 Å². The highest BCUT2D eigenvalue weighted by molar-refractivity contribution is 5.40. The van der Waals surface area contributed by atoms with Crippen LogP contribution in [0.15, 0.2) is 12.1 Å². The Labute approximate surface area is 93.8 Å². The lowest BCUT2D eigenvalue weighted by Gasteiger charge is -2.15. The van der Waals surface area contributed by atoms with E-state index >= 15 is 0 Å². The summed E-state index contributed by atoms with van der Waals surface area (Å²) in [7, 11) is 2.86. The highest BCUT2D eigenvalue weighted by Gasteiger charge is 2.17. The van der Waals surface area contributed by atoms with Crippen molar-refractivity contribution in [2.75, 3.05) is 20.8 Å². The van der Waals surface area contributed by atoms with Gasteiger partial charge in [-0.3, -0.25) is 0 Å². The number of rotatable bonds is 5. The molecule has 0 heterocycles. The topological polar surface area (TPSA) is 64.7 Å². The normalized spacial score (nSPS) is 12.6. The first-order chi connectivity index (χ1) is 7.63. The molecular weight excluding hydrogens is 213 g/mol. The van der Waals surface area contributed by atoms with Crippen molar-refractivity contribution in [2.24, 2.45) is 5.73 Å². The van der Waals surface area contributed by atoms with E-state index in [1.807, 2.05) is 0 Å². The van der Waals surface area contributed by atoms with Crippen LogP contribution in [-0.4, -0.2) is 25.9 Å². The second-order valence-electron chi connectivity index (χ2n) is 3.38. The second kappa shape index (κ2) is 5.79. The van der Waals surface area contributed by atoms with E-state index in [1.165, 1.54) is 20.3 Å². The smallest absolute Gasteiger partial charge is 0.165 e. The summed E-state index contributed by atoms with van der Waals surface area (Å²) in [5, 5.41) is 9.65. The molecule has 1 unspecified atom stereocenters. The van der Waals surface area contributed by atoms with Crippen molar-refractivity contribution in [2.45, 2.75) is 12.7 Å². The van der Waals surface area contributed by atoms with E-state index in [1.54, 1.807) is 6.07 Å². The minimum Gasteiger partial charge on any atom is -0.493 e. The van der Waals surface area contributed by atoms with Gasteiger partial charge in [-0.15, -0.1) is 0 Å². The number of benzene rings is 1. The van der Waals surface area contributed by atoms with Gasteiger partial charge in [0.05, 0.1) is 19.8 Å².